The lowest BCUT2D eigenvalue weighted by molar-refractivity contribution is 0.579. The lowest BCUT2D eigenvalue weighted by Crippen LogP contribution is -2.25. The van der Waals surface area contributed by atoms with Crippen molar-refractivity contribution < 1.29 is 8.42 Å². The molecule has 0 aliphatic heterocycles. The van der Waals surface area contributed by atoms with Crippen LogP contribution in [-0.4, -0.2) is 15.0 Å². The molecule has 0 amide bonds. The van der Waals surface area contributed by atoms with Crippen LogP contribution in [0.3, 0.4) is 0 Å². The van der Waals surface area contributed by atoms with Gasteiger partial charge in [0.15, 0.2) is 0 Å². The topological polar surface area (TPSA) is 72.2 Å². The highest BCUT2D eigenvalue weighted by molar-refractivity contribution is 7.89. The molecule has 1 aromatic rings. The van der Waals surface area contributed by atoms with E-state index in [9.17, 15) is 8.42 Å². The average Bonchev–Trinajstić information content (AvgIpc) is 2.57. The number of thiophene rings is 1. The van der Waals surface area contributed by atoms with Crippen molar-refractivity contribution >= 4 is 21.4 Å². The summed E-state index contributed by atoms with van der Waals surface area (Å²) in [6, 6.07) is 0. The van der Waals surface area contributed by atoms with E-state index < -0.39 is 10.0 Å². The molecular formula is C9H16N2O2S2. The maximum Gasteiger partial charge on any atom is 0.241 e. The first-order chi connectivity index (χ1) is 7.03. The van der Waals surface area contributed by atoms with E-state index >= 15 is 0 Å². The predicted octanol–water partition coefficient (Wildman–Crippen LogP) is 1.20. The molecular weight excluding hydrogens is 232 g/mol. The van der Waals surface area contributed by atoms with Crippen LogP contribution in [0, 0.1) is 6.92 Å². The summed E-state index contributed by atoms with van der Waals surface area (Å²) in [5, 5.41) is 1.82. The van der Waals surface area contributed by atoms with Crippen LogP contribution in [0.25, 0.3) is 0 Å². The molecule has 0 radical (unpaired) electrons. The Morgan fingerprint density at radius 3 is 2.73 bits per heavy atom. The monoisotopic (exact) mass is 248 g/mol. The number of nitrogens with two attached hydrogens (primary N) is 1. The van der Waals surface area contributed by atoms with Gasteiger partial charge < -0.3 is 5.73 Å². The number of aryl methyl sites for hydroxylation is 1. The summed E-state index contributed by atoms with van der Waals surface area (Å²) in [5.41, 5.74) is 6.28. The molecule has 1 heterocycles. The Bertz CT molecular complexity index is 423. The molecule has 0 aliphatic carbocycles. The number of rotatable bonds is 5. The molecule has 0 saturated heterocycles. The summed E-state index contributed by atoms with van der Waals surface area (Å²) in [6.07, 6.45) is 0.778. The Morgan fingerprint density at radius 2 is 2.20 bits per heavy atom. The fourth-order valence-electron chi connectivity index (χ4n) is 1.30. The molecule has 0 saturated carbocycles. The van der Waals surface area contributed by atoms with Gasteiger partial charge in [-0.15, -0.1) is 11.3 Å². The van der Waals surface area contributed by atoms with Gasteiger partial charge in [0.05, 0.1) is 0 Å². The Morgan fingerprint density at radius 1 is 1.53 bits per heavy atom. The van der Waals surface area contributed by atoms with E-state index in [0.717, 1.165) is 16.9 Å². The van der Waals surface area contributed by atoms with Crippen molar-refractivity contribution in [3.63, 3.8) is 0 Å². The van der Waals surface area contributed by atoms with Gasteiger partial charge in [-0.1, -0.05) is 6.92 Å². The summed E-state index contributed by atoms with van der Waals surface area (Å²) in [7, 11) is -3.37. The van der Waals surface area contributed by atoms with E-state index in [4.69, 9.17) is 5.73 Å². The normalized spacial score (nSPS) is 11.9. The second-order valence-electron chi connectivity index (χ2n) is 3.27. The number of nitrogens with one attached hydrogen (secondary N) is 1. The van der Waals surface area contributed by atoms with Crippen molar-refractivity contribution in [2.24, 2.45) is 5.73 Å². The van der Waals surface area contributed by atoms with Gasteiger partial charge in [0.25, 0.3) is 0 Å². The van der Waals surface area contributed by atoms with E-state index in [1.165, 1.54) is 11.3 Å². The minimum absolute atomic E-state index is 0.265. The smallest absolute Gasteiger partial charge is 0.241 e. The molecule has 0 bridgehead atoms. The third kappa shape index (κ3) is 2.78. The first kappa shape index (κ1) is 12.6. The highest BCUT2D eigenvalue weighted by Crippen LogP contribution is 2.26. The third-order valence-electron chi connectivity index (χ3n) is 1.99. The van der Waals surface area contributed by atoms with Gasteiger partial charge in [0.2, 0.25) is 10.0 Å². The van der Waals surface area contributed by atoms with Crippen molar-refractivity contribution in [3.8, 4) is 0 Å². The Kier molecular flexibility index (Phi) is 4.27. The molecule has 1 rings (SSSR count). The van der Waals surface area contributed by atoms with Crippen LogP contribution in [-0.2, 0) is 16.6 Å². The lowest BCUT2D eigenvalue weighted by Gasteiger charge is -2.07. The summed E-state index contributed by atoms with van der Waals surface area (Å²) in [6.45, 7) is 4.44. The first-order valence-corrected chi connectivity index (χ1v) is 7.16. The largest absolute Gasteiger partial charge is 0.326 e. The second-order valence-corrected chi connectivity index (χ2v) is 5.94. The fraction of sp³-hybridized carbons (Fsp3) is 0.556. The maximum absolute atomic E-state index is 11.9. The minimum Gasteiger partial charge on any atom is -0.326 e. The number of hydrogen-bond donors (Lipinski definition) is 2. The van der Waals surface area contributed by atoms with E-state index in [-0.39, 0.29) is 6.54 Å². The Hall–Kier alpha value is -0.430. The van der Waals surface area contributed by atoms with Gasteiger partial charge in [0, 0.05) is 18.0 Å². The zero-order valence-corrected chi connectivity index (χ0v) is 10.5. The van der Waals surface area contributed by atoms with Crippen LogP contribution in [0.15, 0.2) is 10.3 Å². The van der Waals surface area contributed by atoms with Crippen LogP contribution >= 0.6 is 11.3 Å². The molecule has 6 heteroatoms. The van der Waals surface area contributed by atoms with Gasteiger partial charge >= 0.3 is 0 Å². The van der Waals surface area contributed by atoms with Gasteiger partial charge in [-0.25, -0.2) is 13.1 Å². The zero-order chi connectivity index (χ0) is 11.5. The maximum atomic E-state index is 11.9. The van der Waals surface area contributed by atoms with Gasteiger partial charge in [0.1, 0.15) is 4.90 Å². The van der Waals surface area contributed by atoms with Crippen molar-refractivity contribution in [2.45, 2.75) is 31.7 Å². The zero-order valence-electron chi connectivity index (χ0n) is 8.91. The molecule has 3 N–H and O–H groups in total. The summed E-state index contributed by atoms with van der Waals surface area (Å²) in [4.78, 5) is 1.08. The second kappa shape index (κ2) is 5.07. The van der Waals surface area contributed by atoms with Crippen molar-refractivity contribution in [3.05, 3.63) is 15.8 Å². The van der Waals surface area contributed by atoms with Crippen molar-refractivity contribution in [1.82, 2.24) is 4.72 Å². The lowest BCUT2D eigenvalue weighted by atomic mass is 10.3. The average molecular weight is 248 g/mol. The van der Waals surface area contributed by atoms with Crippen molar-refractivity contribution in [1.29, 1.82) is 0 Å². The standard InChI is InChI=1S/C9H16N2O2S2/c1-3-4-11-15(12,13)9-7(2)6-14-8(9)5-10/h6,11H,3-5,10H2,1-2H3. The third-order valence-corrected chi connectivity index (χ3v) is 4.93. The molecule has 0 atom stereocenters. The van der Waals surface area contributed by atoms with E-state index in [2.05, 4.69) is 4.72 Å². The SMILES string of the molecule is CCCNS(=O)(=O)c1c(C)csc1CN. The van der Waals surface area contributed by atoms with Crippen molar-refractivity contribution in [2.75, 3.05) is 6.54 Å². The predicted molar refractivity (Wildman–Crippen MR) is 62.4 cm³/mol. The summed E-state index contributed by atoms with van der Waals surface area (Å²) in [5.74, 6) is 0. The van der Waals surface area contributed by atoms with Gasteiger partial charge in [-0.3, -0.25) is 0 Å². The Labute approximate surface area is 94.5 Å². The molecule has 4 nitrogen and oxygen atoms in total. The van der Waals surface area contributed by atoms with Crippen LogP contribution in [0.4, 0.5) is 0 Å². The molecule has 0 aromatic carbocycles. The van der Waals surface area contributed by atoms with Gasteiger partial charge in [-0.05, 0) is 24.3 Å². The Balaban J connectivity index is 3.08. The highest BCUT2D eigenvalue weighted by Gasteiger charge is 2.21. The van der Waals surface area contributed by atoms with Gasteiger partial charge in [-0.2, -0.15) is 0 Å². The quantitative estimate of drug-likeness (QED) is 0.822. The molecule has 0 aliphatic rings. The van der Waals surface area contributed by atoms with E-state index in [0.29, 0.717) is 11.4 Å². The summed E-state index contributed by atoms with van der Waals surface area (Å²) >= 11 is 1.39. The van der Waals surface area contributed by atoms with E-state index in [1.54, 1.807) is 6.92 Å². The number of hydrogen-bond acceptors (Lipinski definition) is 4. The van der Waals surface area contributed by atoms with Crippen LogP contribution in [0.1, 0.15) is 23.8 Å². The van der Waals surface area contributed by atoms with Crippen LogP contribution < -0.4 is 10.5 Å². The molecule has 0 unspecified atom stereocenters. The molecule has 15 heavy (non-hydrogen) atoms. The molecule has 0 spiro atoms. The van der Waals surface area contributed by atoms with Crippen LogP contribution in [0.2, 0.25) is 0 Å². The minimum atomic E-state index is -3.37. The highest BCUT2D eigenvalue weighted by atomic mass is 32.2. The van der Waals surface area contributed by atoms with Crippen LogP contribution in [0.5, 0.6) is 0 Å². The van der Waals surface area contributed by atoms with E-state index in [1.807, 2.05) is 12.3 Å². The molecule has 86 valence electrons. The first-order valence-electron chi connectivity index (χ1n) is 4.79. The molecule has 0 fully saturated rings. The number of sulfonamides is 1. The fourth-order valence-corrected chi connectivity index (χ4v) is 4.13. The summed E-state index contributed by atoms with van der Waals surface area (Å²) < 4.78 is 26.3. The molecule has 1 aromatic heterocycles.